The van der Waals surface area contributed by atoms with Gasteiger partial charge in [-0.05, 0) is 57.0 Å². The van der Waals surface area contributed by atoms with Crippen LogP contribution in [0.5, 0.6) is 0 Å². The zero-order valence-corrected chi connectivity index (χ0v) is 16.6. The predicted molar refractivity (Wildman–Crippen MR) is 110 cm³/mol. The molecule has 0 aliphatic carbocycles. The number of carbonyl (C=O) groups is 2. The molecule has 0 unspecified atom stereocenters. The van der Waals surface area contributed by atoms with Gasteiger partial charge < -0.3 is 10.2 Å². The molecular formula is C22H23N5O2. The number of amides is 2. The molecule has 1 aromatic carbocycles. The highest BCUT2D eigenvalue weighted by Gasteiger charge is 2.25. The summed E-state index contributed by atoms with van der Waals surface area (Å²) in [6.07, 6.45) is 4.70. The molecule has 0 saturated carbocycles. The summed E-state index contributed by atoms with van der Waals surface area (Å²) < 4.78 is 0. The lowest BCUT2D eigenvalue weighted by atomic mass is 10.0. The van der Waals surface area contributed by atoms with Crippen LogP contribution in [0.15, 0.2) is 42.7 Å². The van der Waals surface area contributed by atoms with Crippen molar-refractivity contribution >= 4 is 22.8 Å². The first-order chi connectivity index (χ1) is 14.0. The average molecular weight is 389 g/mol. The minimum Gasteiger partial charge on any atom is -0.349 e. The molecular weight excluding hydrogens is 366 g/mol. The molecule has 1 aliphatic rings. The van der Waals surface area contributed by atoms with Crippen molar-refractivity contribution in [1.29, 1.82) is 0 Å². The number of hydrogen-bond donors (Lipinski definition) is 1. The number of hydrogen-bond acceptors (Lipinski definition) is 5. The van der Waals surface area contributed by atoms with Crippen LogP contribution in [-0.2, 0) is 0 Å². The number of nitrogens with one attached hydrogen (secondary N) is 1. The molecule has 1 aliphatic heterocycles. The Balaban J connectivity index is 1.38. The third-order valence-corrected chi connectivity index (χ3v) is 5.38. The number of fused-ring (bicyclic) bond motifs is 1. The SMILES string of the molecule is Cc1nc2ccc(C(=O)NC3CCN(C(=O)c4ccncc4)CC3)cc2nc1C. The van der Waals surface area contributed by atoms with E-state index in [0.717, 1.165) is 35.3 Å². The molecule has 0 atom stereocenters. The molecule has 1 N–H and O–H groups in total. The van der Waals surface area contributed by atoms with Gasteiger partial charge in [-0.2, -0.15) is 0 Å². The lowest BCUT2D eigenvalue weighted by Crippen LogP contribution is -2.46. The summed E-state index contributed by atoms with van der Waals surface area (Å²) in [4.78, 5) is 40.0. The fourth-order valence-corrected chi connectivity index (χ4v) is 3.54. The van der Waals surface area contributed by atoms with E-state index in [2.05, 4.69) is 20.3 Å². The quantitative estimate of drug-likeness (QED) is 0.744. The second-order valence-corrected chi connectivity index (χ2v) is 7.37. The Bertz CT molecular complexity index is 1060. The smallest absolute Gasteiger partial charge is 0.253 e. The molecule has 2 aromatic heterocycles. The highest BCUT2D eigenvalue weighted by molar-refractivity contribution is 5.97. The number of benzene rings is 1. The Morgan fingerprint density at radius 3 is 2.28 bits per heavy atom. The molecule has 4 rings (SSSR count). The number of aromatic nitrogens is 3. The van der Waals surface area contributed by atoms with E-state index in [4.69, 9.17) is 0 Å². The second-order valence-electron chi connectivity index (χ2n) is 7.37. The molecule has 7 nitrogen and oxygen atoms in total. The van der Waals surface area contributed by atoms with E-state index in [-0.39, 0.29) is 17.9 Å². The van der Waals surface area contributed by atoms with Crippen LogP contribution >= 0.6 is 0 Å². The molecule has 0 spiro atoms. The van der Waals surface area contributed by atoms with Crippen LogP contribution in [0.4, 0.5) is 0 Å². The number of likely N-dealkylation sites (tertiary alicyclic amines) is 1. The Morgan fingerprint density at radius 1 is 0.931 bits per heavy atom. The molecule has 0 bridgehead atoms. The van der Waals surface area contributed by atoms with Crippen molar-refractivity contribution in [2.45, 2.75) is 32.7 Å². The largest absolute Gasteiger partial charge is 0.349 e. The topological polar surface area (TPSA) is 88.1 Å². The lowest BCUT2D eigenvalue weighted by molar-refractivity contribution is 0.0698. The van der Waals surface area contributed by atoms with Gasteiger partial charge in [0.25, 0.3) is 11.8 Å². The fraction of sp³-hybridized carbons (Fsp3) is 0.318. The van der Waals surface area contributed by atoms with Crippen LogP contribution < -0.4 is 5.32 Å². The van der Waals surface area contributed by atoms with E-state index in [9.17, 15) is 9.59 Å². The second kappa shape index (κ2) is 7.95. The van der Waals surface area contributed by atoms with Gasteiger partial charge in [0, 0.05) is 42.7 Å². The van der Waals surface area contributed by atoms with Gasteiger partial charge in [0.05, 0.1) is 22.4 Å². The van der Waals surface area contributed by atoms with Crippen molar-refractivity contribution in [3.63, 3.8) is 0 Å². The van der Waals surface area contributed by atoms with Gasteiger partial charge in [0.15, 0.2) is 0 Å². The summed E-state index contributed by atoms with van der Waals surface area (Å²) in [7, 11) is 0. The van der Waals surface area contributed by atoms with Crippen molar-refractivity contribution in [2.24, 2.45) is 0 Å². The maximum absolute atomic E-state index is 12.7. The van der Waals surface area contributed by atoms with E-state index in [1.165, 1.54) is 0 Å². The van der Waals surface area contributed by atoms with E-state index in [1.54, 1.807) is 36.7 Å². The molecule has 1 saturated heterocycles. The third kappa shape index (κ3) is 4.08. The molecule has 0 radical (unpaired) electrons. The first-order valence-electron chi connectivity index (χ1n) is 9.76. The number of piperidine rings is 1. The van der Waals surface area contributed by atoms with Gasteiger partial charge >= 0.3 is 0 Å². The Morgan fingerprint density at radius 2 is 1.59 bits per heavy atom. The van der Waals surface area contributed by atoms with Gasteiger partial charge in [-0.1, -0.05) is 0 Å². The molecule has 3 aromatic rings. The molecule has 29 heavy (non-hydrogen) atoms. The maximum Gasteiger partial charge on any atom is 0.253 e. The summed E-state index contributed by atoms with van der Waals surface area (Å²) in [5, 5.41) is 3.09. The van der Waals surface area contributed by atoms with Crippen LogP contribution in [0.2, 0.25) is 0 Å². The van der Waals surface area contributed by atoms with Gasteiger partial charge in [0.1, 0.15) is 0 Å². The molecule has 1 fully saturated rings. The molecule has 148 valence electrons. The zero-order chi connectivity index (χ0) is 20.4. The highest BCUT2D eigenvalue weighted by atomic mass is 16.2. The van der Waals surface area contributed by atoms with E-state index in [0.29, 0.717) is 24.2 Å². The van der Waals surface area contributed by atoms with Crippen LogP contribution in [0.25, 0.3) is 11.0 Å². The van der Waals surface area contributed by atoms with E-state index < -0.39 is 0 Å². The number of pyridine rings is 1. The summed E-state index contributed by atoms with van der Waals surface area (Å²) in [6, 6.07) is 8.89. The molecule has 7 heteroatoms. The monoisotopic (exact) mass is 389 g/mol. The highest BCUT2D eigenvalue weighted by Crippen LogP contribution is 2.17. The van der Waals surface area contributed by atoms with E-state index in [1.807, 2.05) is 24.8 Å². The standard InChI is InChI=1S/C22H23N5O2/c1-14-15(2)25-20-13-17(3-4-19(20)24-14)21(28)26-18-7-11-27(12-8-18)22(29)16-5-9-23-10-6-16/h3-6,9-10,13,18H,7-8,11-12H2,1-2H3,(H,26,28). The lowest BCUT2D eigenvalue weighted by Gasteiger charge is -2.32. The number of aryl methyl sites for hydroxylation is 2. The number of carbonyl (C=O) groups excluding carboxylic acids is 2. The minimum absolute atomic E-state index is 0.0101. The first-order valence-corrected chi connectivity index (χ1v) is 9.76. The van der Waals surface area contributed by atoms with Crippen molar-refractivity contribution in [3.8, 4) is 0 Å². The van der Waals surface area contributed by atoms with Crippen molar-refractivity contribution in [2.75, 3.05) is 13.1 Å². The van der Waals surface area contributed by atoms with Gasteiger partial charge in [-0.3, -0.25) is 14.6 Å². The normalized spacial score (nSPS) is 14.8. The first kappa shape index (κ1) is 19.0. The Kier molecular flexibility index (Phi) is 5.20. The predicted octanol–water partition coefficient (Wildman–Crippen LogP) is 2.68. The van der Waals surface area contributed by atoms with Crippen LogP contribution in [0.1, 0.15) is 44.9 Å². The third-order valence-electron chi connectivity index (χ3n) is 5.38. The number of nitrogens with zero attached hydrogens (tertiary/aromatic N) is 4. The minimum atomic E-state index is -0.120. The van der Waals surface area contributed by atoms with E-state index >= 15 is 0 Å². The van der Waals surface area contributed by atoms with Gasteiger partial charge in [-0.25, -0.2) is 9.97 Å². The summed E-state index contributed by atoms with van der Waals surface area (Å²) in [5.41, 5.74) is 4.48. The average Bonchev–Trinajstić information content (AvgIpc) is 2.75. The van der Waals surface area contributed by atoms with Crippen molar-refractivity contribution in [1.82, 2.24) is 25.2 Å². The zero-order valence-electron chi connectivity index (χ0n) is 16.6. The Labute approximate surface area is 169 Å². The van der Waals surface area contributed by atoms with Gasteiger partial charge in [0.2, 0.25) is 0 Å². The summed E-state index contributed by atoms with van der Waals surface area (Å²) >= 11 is 0. The van der Waals surface area contributed by atoms with Crippen molar-refractivity contribution < 1.29 is 9.59 Å². The summed E-state index contributed by atoms with van der Waals surface area (Å²) in [5.74, 6) is -0.109. The van der Waals surface area contributed by atoms with Gasteiger partial charge in [-0.15, -0.1) is 0 Å². The van der Waals surface area contributed by atoms with Crippen LogP contribution in [-0.4, -0.2) is 50.8 Å². The number of rotatable bonds is 3. The van der Waals surface area contributed by atoms with Crippen LogP contribution in [0, 0.1) is 13.8 Å². The fourth-order valence-electron chi connectivity index (χ4n) is 3.54. The Hall–Kier alpha value is -3.35. The van der Waals surface area contributed by atoms with Crippen LogP contribution in [0.3, 0.4) is 0 Å². The maximum atomic E-state index is 12.7. The summed E-state index contributed by atoms with van der Waals surface area (Å²) in [6.45, 7) is 5.07. The van der Waals surface area contributed by atoms with Crippen molar-refractivity contribution in [3.05, 3.63) is 65.2 Å². The molecule has 2 amide bonds. The molecule has 3 heterocycles.